The van der Waals surface area contributed by atoms with Crippen molar-refractivity contribution >= 4 is 72.1 Å². The number of aliphatic hydroxyl groups excluding tert-OH is 2. The lowest BCUT2D eigenvalue weighted by molar-refractivity contribution is -0.144. The molecule has 3 aromatic rings. The van der Waals surface area contributed by atoms with Gasteiger partial charge in [0, 0.05) is 36.3 Å². The number of nitrogens with one attached hydrogen (secondary N) is 8. The van der Waals surface area contributed by atoms with Crippen LogP contribution >= 0.6 is 24.8 Å². The molecule has 5 rings (SSSR count). The van der Waals surface area contributed by atoms with E-state index < -0.39 is 119 Å². The van der Waals surface area contributed by atoms with Crippen LogP contribution in [-0.4, -0.2) is 168 Å². The van der Waals surface area contributed by atoms with Gasteiger partial charge in [0.1, 0.15) is 24.2 Å². The molecule has 8 amide bonds. The summed E-state index contributed by atoms with van der Waals surface area (Å²) in [6, 6.07) is 16.1. The van der Waals surface area contributed by atoms with Gasteiger partial charge in [0.25, 0.3) is 11.8 Å². The number of hydrogen-bond donors (Lipinski definition) is 10. The van der Waals surface area contributed by atoms with Crippen molar-refractivity contribution in [2.45, 2.75) is 141 Å². The lowest BCUT2D eigenvalue weighted by atomic mass is 9.85. The van der Waals surface area contributed by atoms with Crippen molar-refractivity contribution in [3.63, 3.8) is 0 Å². The third-order valence-corrected chi connectivity index (χ3v) is 14.1. The summed E-state index contributed by atoms with van der Waals surface area (Å²) in [5.41, 5.74) is 0.344. The normalized spacial score (nSPS) is 19.5. The highest BCUT2D eigenvalue weighted by atomic mass is 35.5. The second-order valence-corrected chi connectivity index (χ2v) is 22.2. The summed E-state index contributed by atoms with van der Waals surface area (Å²) in [5, 5.41) is 43.8. The van der Waals surface area contributed by atoms with Crippen LogP contribution in [0.2, 0.25) is 0 Å². The van der Waals surface area contributed by atoms with Crippen LogP contribution in [-0.2, 0) is 41.6 Å². The smallest absolute Gasteiger partial charge is 0.251 e. The first kappa shape index (κ1) is 66.1. The van der Waals surface area contributed by atoms with Crippen LogP contribution in [0.15, 0.2) is 84.9 Å². The summed E-state index contributed by atoms with van der Waals surface area (Å²) >= 11 is 0. The molecule has 10 N–H and O–H groups in total. The van der Waals surface area contributed by atoms with Crippen LogP contribution in [0.1, 0.15) is 100 Å². The number of aliphatic hydroxyl groups is 2. The zero-order valence-electron chi connectivity index (χ0n) is 46.4. The van der Waals surface area contributed by atoms with Gasteiger partial charge >= 0.3 is 0 Å². The van der Waals surface area contributed by atoms with Gasteiger partial charge < -0.3 is 62.5 Å². The molecular formula is C56H82Cl2N10O10. The molecule has 0 radical (unpaired) electrons. The zero-order valence-corrected chi connectivity index (χ0v) is 48.0. The van der Waals surface area contributed by atoms with E-state index in [4.69, 9.17) is 0 Å². The van der Waals surface area contributed by atoms with Crippen molar-refractivity contribution in [2.75, 3.05) is 40.4 Å². The van der Waals surface area contributed by atoms with Crippen molar-refractivity contribution in [3.05, 3.63) is 107 Å². The van der Waals surface area contributed by atoms with E-state index in [1.54, 1.807) is 69.5 Å². The number of carbonyl (C=O) groups is 8. The highest BCUT2D eigenvalue weighted by molar-refractivity contribution is 6.01. The molecule has 20 nitrogen and oxygen atoms in total. The highest BCUT2D eigenvalue weighted by Crippen LogP contribution is 2.29. The third kappa shape index (κ3) is 17.9. The van der Waals surface area contributed by atoms with Crippen molar-refractivity contribution in [1.29, 1.82) is 0 Å². The van der Waals surface area contributed by atoms with Gasteiger partial charge in [-0.2, -0.15) is 0 Å². The molecule has 2 heterocycles. The van der Waals surface area contributed by atoms with Gasteiger partial charge in [-0.3, -0.25) is 38.4 Å². The predicted molar refractivity (Wildman–Crippen MR) is 302 cm³/mol. The number of amides is 8. The first-order chi connectivity index (χ1) is 35.9. The van der Waals surface area contributed by atoms with Crippen LogP contribution < -0.4 is 42.5 Å². The van der Waals surface area contributed by atoms with Gasteiger partial charge in [-0.15, -0.1) is 24.8 Å². The number of carbonyl (C=O) groups excluding carboxylic acids is 8. The first-order valence-corrected chi connectivity index (χ1v) is 26.1. The summed E-state index contributed by atoms with van der Waals surface area (Å²) in [6.45, 7) is 13.1. The van der Waals surface area contributed by atoms with E-state index in [0.29, 0.717) is 12.8 Å². The second kappa shape index (κ2) is 29.7. The van der Waals surface area contributed by atoms with Crippen molar-refractivity contribution in [2.24, 2.45) is 10.8 Å². The van der Waals surface area contributed by atoms with Crippen molar-refractivity contribution in [3.8, 4) is 0 Å². The molecule has 0 saturated carbocycles. The summed E-state index contributed by atoms with van der Waals surface area (Å²) in [6.07, 6.45) is 0.626. The molecule has 2 fully saturated rings. The fourth-order valence-corrected chi connectivity index (χ4v) is 9.34. The maximum Gasteiger partial charge on any atom is 0.251 e. The zero-order chi connectivity index (χ0) is 56.1. The van der Waals surface area contributed by atoms with Gasteiger partial charge in [-0.1, -0.05) is 108 Å². The number of likely N-dealkylation sites (N-methyl/N-ethyl adjacent to an activating group) is 2. The number of halogens is 2. The number of likely N-dealkylation sites (tertiary alicyclic amines) is 2. The number of rotatable bonds is 22. The lowest BCUT2D eigenvalue weighted by Gasteiger charge is -2.36. The summed E-state index contributed by atoms with van der Waals surface area (Å²) in [4.78, 5) is 115. The van der Waals surface area contributed by atoms with Crippen LogP contribution in [0.5, 0.6) is 0 Å². The standard InChI is InChI=1S/C56H80N10O10.2ClH/c1-33(57-9)47(69)63-45(55(3,4)5)53(75)65-29-39(27-43(65)51(73)61-41(31-67)24-35-18-13-11-14-19-35)59-49(71)37-22-17-23-38(26-37)50(72)60-40-28-44(52(74)62-42(32-68)25-36-20-15-12-16-21-36)66(30-40)54(76)46(56(6,7)8)64-48(70)34(2)58-10;;/h11-23,26,33-34,39-46,57-58,67-68H,24-25,27-32H2,1-10H3,(H,59,71)(H,60,72)(H,61,73)(H,62,74)(H,63,69)(H,64,70);2*1H/t33-,34-,39-,40-,41-,42-,43-,44?,45?,46+;;/m0../s1. The molecule has 22 heteroatoms. The Morgan fingerprint density at radius 3 is 1.19 bits per heavy atom. The van der Waals surface area contributed by atoms with Gasteiger partial charge in [-0.05, 0) is 93.8 Å². The Kier molecular flexibility index (Phi) is 25.2. The predicted octanol–water partition coefficient (Wildman–Crippen LogP) is 1.65. The van der Waals surface area contributed by atoms with E-state index in [9.17, 15) is 48.6 Å². The Balaban J connectivity index is 0.00000800. The Bertz CT molecular complexity index is 2350. The van der Waals surface area contributed by atoms with Gasteiger partial charge in [0.15, 0.2) is 0 Å². The Morgan fingerprint density at radius 1 is 0.538 bits per heavy atom. The first-order valence-electron chi connectivity index (χ1n) is 26.1. The highest BCUT2D eigenvalue weighted by Gasteiger charge is 2.48. The van der Waals surface area contributed by atoms with Crippen LogP contribution in [0, 0.1) is 10.8 Å². The van der Waals surface area contributed by atoms with E-state index in [-0.39, 0.29) is 75.1 Å². The fraction of sp³-hybridized carbons (Fsp3) is 0.536. The largest absolute Gasteiger partial charge is 0.394 e. The van der Waals surface area contributed by atoms with E-state index in [2.05, 4.69) is 42.5 Å². The van der Waals surface area contributed by atoms with Crippen LogP contribution in [0.4, 0.5) is 0 Å². The molecular weight excluding hydrogens is 1040 g/mol. The number of hydrogen-bond acceptors (Lipinski definition) is 12. The summed E-state index contributed by atoms with van der Waals surface area (Å²) in [7, 11) is 3.24. The molecule has 0 aromatic heterocycles. The molecule has 0 aliphatic carbocycles. The van der Waals surface area contributed by atoms with Gasteiger partial charge in [-0.25, -0.2) is 0 Å². The Labute approximate surface area is 471 Å². The molecule has 2 aliphatic rings. The van der Waals surface area contributed by atoms with Crippen LogP contribution in [0.3, 0.4) is 0 Å². The molecule has 0 spiro atoms. The minimum Gasteiger partial charge on any atom is -0.394 e. The summed E-state index contributed by atoms with van der Waals surface area (Å²) in [5.74, 6) is -4.18. The van der Waals surface area contributed by atoms with E-state index >= 15 is 0 Å². The molecule has 0 bridgehead atoms. The van der Waals surface area contributed by atoms with E-state index in [1.165, 1.54) is 34.1 Å². The third-order valence-electron chi connectivity index (χ3n) is 14.1. The average Bonchev–Trinajstić information content (AvgIpc) is 4.06. The minimum atomic E-state index is -1.10. The maximum absolute atomic E-state index is 14.6. The van der Waals surface area contributed by atoms with E-state index in [1.807, 2.05) is 60.7 Å². The van der Waals surface area contributed by atoms with Crippen molar-refractivity contribution < 1.29 is 48.6 Å². The number of benzene rings is 3. The molecule has 2 unspecified atom stereocenters. The van der Waals surface area contributed by atoms with Gasteiger partial charge in [0.2, 0.25) is 35.4 Å². The minimum absolute atomic E-state index is 0. The second-order valence-electron chi connectivity index (χ2n) is 22.2. The fourth-order valence-electron chi connectivity index (χ4n) is 9.34. The van der Waals surface area contributed by atoms with E-state index in [0.717, 1.165) is 11.1 Å². The Hall–Kier alpha value is -6.16. The molecule has 430 valence electrons. The molecule has 3 aromatic carbocycles. The molecule has 2 saturated heterocycles. The quantitative estimate of drug-likeness (QED) is 0.0688. The molecule has 2 aliphatic heterocycles. The molecule has 78 heavy (non-hydrogen) atoms. The summed E-state index contributed by atoms with van der Waals surface area (Å²) < 4.78 is 0. The average molecular weight is 1130 g/mol. The SMILES string of the molecule is CN[C@@H](C)C(=O)NC(C(=O)N1C[C@@H](NC(=O)c2cccc(C(=O)N[C@H]3CC(C(=O)N[C@H](CO)Cc4ccccc4)N(C(=O)[C@@H](NC(=O)[C@H](C)NC)C(C)(C)C)C3)c2)C[C@H]1C(=O)N[C@H](CO)Cc1ccccc1)C(C)(C)C.Cl.Cl. The topological polar surface area (TPSA) is 280 Å². The lowest BCUT2D eigenvalue weighted by Crippen LogP contribution is -2.60. The number of nitrogens with zero attached hydrogens (tertiary/aromatic N) is 2. The molecule has 10 atom stereocenters. The van der Waals surface area contributed by atoms with Crippen molar-refractivity contribution in [1.82, 2.24) is 52.3 Å². The Morgan fingerprint density at radius 2 is 0.885 bits per heavy atom. The van der Waals surface area contributed by atoms with Crippen LogP contribution in [0.25, 0.3) is 0 Å². The monoisotopic (exact) mass is 1120 g/mol. The maximum atomic E-state index is 14.6. The van der Waals surface area contributed by atoms with Gasteiger partial charge in [0.05, 0.1) is 37.4 Å².